The Morgan fingerprint density at radius 1 is 1.00 bits per heavy atom. The van der Waals surface area contributed by atoms with Crippen LogP contribution in [0.5, 0.6) is 0 Å². The Hall–Kier alpha value is -0.780. The summed E-state index contributed by atoms with van der Waals surface area (Å²) < 4.78 is 0. The van der Waals surface area contributed by atoms with Gasteiger partial charge in [0.2, 0.25) is 0 Å². The number of rotatable bonds is 2. The van der Waals surface area contributed by atoms with Gasteiger partial charge in [0.05, 0.1) is 0 Å². The smallest absolute Gasteiger partial charge is 0.0467 e. The molecule has 0 bridgehead atoms. The third-order valence-corrected chi connectivity index (χ3v) is 0.551. The summed E-state index contributed by atoms with van der Waals surface area (Å²) in [5.41, 5.74) is 0. The summed E-state index contributed by atoms with van der Waals surface area (Å²) in [5.74, 6) is 0. The molecule has 0 nitrogen and oxygen atoms in total. The van der Waals surface area contributed by atoms with E-state index in [9.17, 15) is 0 Å². The molecule has 0 aliphatic carbocycles. The average Bonchev–Trinajstić information content (AvgIpc) is 1.94. The molecule has 0 radical (unpaired) electrons. The van der Waals surface area contributed by atoms with Crippen LogP contribution in [-0.2, 0) is 0 Å². The summed E-state index contributed by atoms with van der Waals surface area (Å²) in [6.07, 6.45) is 9.51. The minimum absolute atomic E-state index is 1.75. The van der Waals surface area contributed by atoms with E-state index in [0.29, 0.717) is 0 Å². The molecule has 0 aliphatic heterocycles. The second-order valence-electron chi connectivity index (χ2n) is 1.15. The Labute approximate surface area is 58.6 Å². The van der Waals surface area contributed by atoms with Crippen LogP contribution < -0.4 is 0 Å². The van der Waals surface area contributed by atoms with Crippen molar-refractivity contribution in [3.8, 4) is 0 Å². The SMILES string of the molecule is C=C/C=C\C=C/C.CC. The summed E-state index contributed by atoms with van der Waals surface area (Å²) in [4.78, 5) is 0. The lowest BCUT2D eigenvalue weighted by Gasteiger charge is -1.65. The topological polar surface area (TPSA) is 0 Å². The summed E-state index contributed by atoms with van der Waals surface area (Å²) in [6.45, 7) is 9.49. The van der Waals surface area contributed by atoms with Crippen LogP contribution >= 0.6 is 0 Å². The van der Waals surface area contributed by atoms with Gasteiger partial charge in [0.15, 0.2) is 0 Å². The predicted molar refractivity (Wildman–Crippen MR) is 45.5 cm³/mol. The van der Waals surface area contributed by atoms with Crippen LogP contribution in [0.1, 0.15) is 20.8 Å². The van der Waals surface area contributed by atoms with Gasteiger partial charge in [0, 0.05) is 0 Å². The molecule has 9 heavy (non-hydrogen) atoms. The largest absolute Gasteiger partial charge is 0.0991 e. The first-order valence-electron chi connectivity index (χ1n) is 3.32. The van der Waals surface area contributed by atoms with E-state index >= 15 is 0 Å². The van der Waals surface area contributed by atoms with Crippen LogP contribution in [0.3, 0.4) is 0 Å². The second-order valence-corrected chi connectivity index (χ2v) is 1.15. The average molecular weight is 124 g/mol. The third kappa shape index (κ3) is 19.0. The standard InChI is InChI=1S/C7H10.C2H6/c1-3-5-7-6-4-2;1-2/h3-7H,1H2,2H3;1-2H3/b6-4-,7-5-;. The molecule has 0 saturated heterocycles. The summed E-state index contributed by atoms with van der Waals surface area (Å²) in [5, 5.41) is 0. The van der Waals surface area contributed by atoms with Gasteiger partial charge in [0.1, 0.15) is 0 Å². The lowest BCUT2D eigenvalue weighted by Crippen LogP contribution is -1.43. The van der Waals surface area contributed by atoms with Crippen LogP contribution in [0, 0.1) is 0 Å². The molecule has 0 fully saturated rings. The Morgan fingerprint density at radius 2 is 1.56 bits per heavy atom. The van der Waals surface area contributed by atoms with E-state index in [1.165, 1.54) is 0 Å². The van der Waals surface area contributed by atoms with Gasteiger partial charge in [0.25, 0.3) is 0 Å². The van der Waals surface area contributed by atoms with E-state index in [2.05, 4.69) is 6.58 Å². The van der Waals surface area contributed by atoms with Crippen LogP contribution in [0.15, 0.2) is 37.0 Å². The first kappa shape index (κ1) is 11.1. The molecule has 0 aromatic heterocycles. The van der Waals surface area contributed by atoms with E-state index in [4.69, 9.17) is 0 Å². The molecule has 0 heterocycles. The van der Waals surface area contributed by atoms with Gasteiger partial charge in [-0.15, -0.1) is 0 Å². The maximum absolute atomic E-state index is 3.51. The van der Waals surface area contributed by atoms with Gasteiger partial charge in [-0.3, -0.25) is 0 Å². The molecule has 0 saturated carbocycles. The Kier molecular flexibility index (Phi) is 19.3. The van der Waals surface area contributed by atoms with Gasteiger partial charge < -0.3 is 0 Å². The first-order chi connectivity index (χ1) is 4.41. The van der Waals surface area contributed by atoms with Gasteiger partial charge >= 0.3 is 0 Å². The molecule has 0 aliphatic rings. The van der Waals surface area contributed by atoms with Crippen molar-refractivity contribution in [2.24, 2.45) is 0 Å². The van der Waals surface area contributed by atoms with Crippen molar-refractivity contribution in [3.63, 3.8) is 0 Å². The molecule has 0 spiro atoms. The zero-order chi connectivity index (χ0) is 7.54. The summed E-state index contributed by atoms with van der Waals surface area (Å²) in [7, 11) is 0. The fourth-order valence-corrected chi connectivity index (χ4v) is 0.254. The minimum Gasteiger partial charge on any atom is -0.0991 e. The van der Waals surface area contributed by atoms with Gasteiger partial charge in [-0.25, -0.2) is 0 Å². The maximum atomic E-state index is 3.51. The fourth-order valence-electron chi connectivity index (χ4n) is 0.254. The molecule has 0 unspecified atom stereocenters. The lowest BCUT2D eigenvalue weighted by molar-refractivity contribution is 1.50. The highest BCUT2D eigenvalue weighted by molar-refractivity contribution is 5.07. The molecule has 0 N–H and O–H groups in total. The molecule has 0 heteroatoms. The van der Waals surface area contributed by atoms with Gasteiger partial charge in [-0.1, -0.05) is 50.8 Å². The third-order valence-electron chi connectivity index (χ3n) is 0.551. The predicted octanol–water partition coefficient (Wildman–Crippen LogP) is 3.33. The Bertz CT molecular complexity index is 86.2. The first-order valence-corrected chi connectivity index (χ1v) is 3.32. The lowest BCUT2D eigenvalue weighted by atomic mass is 10.4. The zero-order valence-corrected chi connectivity index (χ0v) is 6.59. The van der Waals surface area contributed by atoms with Crippen molar-refractivity contribution >= 4 is 0 Å². The van der Waals surface area contributed by atoms with Crippen molar-refractivity contribution < 1.29 is 0 Å². The number of hydrogen-bond donors (Lipinski definition) is 0. The molecule has 0 amide bonds. The highest BCUT2D eigenvalue weighted by Crippen LogP contribution is 1.74. The van der Waals surface area contributed by atoms with E-state index in [1.54, 1.807) is 6.08 Å². The van der Waals surface area contributed by atoms with Crippen molar-refractivity contribution in [2.75, 3.05) is 0 Å². The highest BCUT2D eigenvalue weighted by Gasteiger charge is 1.52. The van der Waals surface area contributed by atoms with Crippen molar-refractivity contribution in [3.05, 3.63) is 37.0 Å². The van der Waals surface area contributed by atoms with Crippen molar-refractivity contribution in [1.29, 1.82) is 0 Å². The highest BCUT2D eigenvalue weighted by atomic mass is 13.6. The molecule has 0 rings (SSSR count). The second kappa shape index (κ2) is 15.7. The van der Waals surface area contributed by atoms with Gasteiger partial charge in [-0.05, 0) is 6.92 Å². The van der Waals surface area contributed by atoms with E-state index in [-0.39, 0.29) is 0 Å². The molecule has 52 valence electrons. The fraction of sp³-hybridized carbons (Fsp3) is 0.333. The van der Waals surface area contributed by atoms with E-state index in [1.807, 2.05) is 45.1 Å². The Balaban J connectivity index is 0. The molecular weight excluding hydrogens is 108 g/mol. The minimum atomic E-state index is 1.75. The zero-order valence-electron chi connectivity index (χ0n) is 6.59. The van der Waals surface area contributed by atoms with E-state index in [0.717, 1.165) is 0 Å². The van der Waals surface area contributed by atoms with E-state index < -0.39 is 0 Å². The van der Waals surface area contributed by atoms with Gasteiger partial charge in [-0.2, -0.15) is 0 Å². The monoisotopic (exact) mass is 124 g/mol. The maximum Gasteiger partial charge on any atom is -0.0467 e. The number of allylic oxidation sites excluding steroid dienone is 5. The molecule has 0 atom stereocenters. The Morgan fingerprint density at radius 3 is 1.89 bits per heavy atom. The number of hydrogen-bond acceptors (Lipinski definition) is 0. The molecule has 0 aromatic rings. The van der Waals surface area contributed by atoms with Crippen molar-refractivity contribution in [1.82, 2.24) is 0 Å². The van der Waals surface area contributed by atoms with Crippen LogP contribution in [0.4, 0.5) is 0 Å². The van der Waals surface area contributed by atoms with Crippen LogP contribution in [-0.4, -0.2) is 0 Å². The normalized spacial score (nSPS) is 9.22. The van der Waals surface area contributed by atoms with Crippen LogP contribution in [0.2, 0.25) is 0 Å². The molecule has 0 aromatic carbocycles. The summed E-state index contributed by atoms with van der Waals surface area (Å²) in [6, 6.07) is 0. The summed E-state index contributed by atoms with van der Waals surface area (Å²) >= 11 is 0. The van der Waals surface area contributed by atoms with Crippen molar-refractivity contribution in [2.45, 2.75) is 20.8 Å². The van der Waals surface area contributed by atoms with Crippen LogP contribution in [0.25, 0.3) is 0 Å². The quantitative estimate of drug-likeness (QED) is 0.495. The molecular formula is C9H16.